The van der Waals surface area contributed by atoms with E-state index < -0.39 is 5.41 Å². The van der Waals surface area contributed by atoms with Crippen molar-refractivity contribution in [3.05, 3.63) is 47.5 Å². The van der Waals surface area contributed by atoms with Crippen molar-refractivity contribution in [3.8, 4) is 6.07 Å². The second-order valence-electron chi connectivity index (χ2n) is 4.15. The van der Waals surface area contributed by atoms with Crippen LogP contribution in [-0.4, -0.2) is 14.8 Å². The van der Waals surface area contributed by atoms with Crippen molar-refractivity contribution in [1.29, 1.82) is 5.26 Å². The topological polar surface area (TPSA) is 54.5 Å². The van der Waals surface area contributed by atoms with Gasteiger partial charge < -0.3 is 0 Å². The van der Waals surface area contributed by atoms with Crippen LogP contribution in [0.5, 0.6) is 0 Å². The zero-order valence-electron chi connectivity index (χ0n) is 10.0. The van der Waals surface area contributed by atoms with Gasteiger partial charge in [0.2, 0.25) is 0 Å². The summed E-state index contributed by atoms with van der Waals surface area (Å²) in [5.41, 5.74) is 0.352. The van der Waals surface area contributed by atoms with Crippen molar-refractivity contribution in [2.45, 2.75) is 25.3 Å². The Morgan fingerprint density at radius 2 is 2.11 bits per heavy atom. The van der Waals surface area contributed by atoms with Crippen LogP contribution in [0.2, 0.25) is 5.02 Å². The third-order valence-electron chi connectivity index (χ3n) is 3.11. The quantitative estimate of drug-likeness (QED) is 0.849. The molecule has 1 unspecified atom stereocenters. The first-order valence-electron chi connectivity index (χ1n) is 5.70. The smallest absolute Gasteiger partial charge is 0.137 e. The maximum Gasteiger partial charge on any atom is 0.137 e. The molecule has 0 aliphatic heterocycles. The van der Waals surface area contributed by atoms with E-state index in [1.54, 1.807) is 23.1 Å². The lowest BCUT2D eigenvalue weighted by Crippen LogP contribution is -2.29. The third kappa shape index (κ3) is 2.36. The molecule has 1 aromatic carbocycles. The Bertz CT molecular complexity index is 541. The van der Waals surface area contributed by atoms with Gasteiger partial charge in [-0.25, -0.2) is 4.98 Å². The summed E-state index contributed by atoms with van der Waals surface area (Å²) in [5, 5.41) is 14.3. The first-order chi connectivity index (χ1) is 8.70. The number of nitrogens with zero attached hydrogens (tertiary/aromatic N) is 4. The van der Waals surface area contributed by atoms with Crippen molar-refractivity contribution in [3.63, 3.8) is 0 Å². The minimum absolute atomic E-state index is 0.488. The molecule has 0 aliphatic rings. The number of hydrogen-bond acceptors (Lipinski definition) is 3. The number of nitriles is 1. The van der Waals surface area contributed by atoms with Crippen LogP contribution < -0.4 is 0 Å². The molecule has 1 aromatic heterocycles. The lowest BCUT2D eigenvalue weighted by atomic mass is 9.79. The van der Waals surface area contributed by atoms with Crippen LogP contribution in [-0.2, 0) is 12.0 Å². The van der Waals surface area contributed by atoms with E-state index in [-0.39, 0.29) is 0 Å². The SMILES string of the molecule is CCC(C#N)(Cn1cncn1)c1ccc(Cl)cc1. The average molecular weight is 261 g/mol. The number of aromatic nitrogens is 3. The van der Waals surface area contributed by atoms with Gasteiger partial charge in [0, 0.05) is 5.02 Å². The van der Waals surface area contributed by atoms with Gasteiger partial charge >= 0.3 is 0 Å². The van der Waals surface area contributed by atoms with Crippen LogP contribution in [0, 0.1) is 11.3 Å². The molecule has 18 heavy (non-hydrogen) atoms. The third-order valence-corrected chi connectivity index (χ3v) is 3.36. The number of hydrogen-bond donors (Lipinski definition) is 0. The summed E-state index contributed by atoms with van der Waals surface area (Å²) in [7, 11) is 0. The van der Waals surface area contributed by atoms with E-state index in [9.17, 15) is 5.26 Å². The molecule has 0 bridgehead atoms. The molecule has 0 aliphatic carbocycles. The van der Waals surface area contributed by atoms with Gasteiger partial charge in [0.1, 0.15) is 18.1 Å². The molecule has 1 heterocycles. The van der Waals surface area contributed by atoms with E-state index in [4.69, 9.17) is 11.6 Å². The molecular weight excluding hydrogens is 248 g/mol. The van der Waals surface area contributed by atoms with E-state index in [1.807, 2.05) is 19.1 Å². The van der Waals surface area contributed by atoms with Crippen molar-refractivity contribution in [2.75, 3.05) is 0 Å². The summed E-state index contributed by atoms with van der Waals surface area (Å²) in [6.07, 6.45) is 3.79. The molecule has 0 N–H and O–H groups in total. The maximum atomic E-state index is 9.55. The van der Waals surface area contributed by atoms with Gasteiger partial charge in [0.15, 0.2) is 0 Å². The molecule has 1 atom stereocenters. The number of rotatable bonds is 4. The van der Waals surface area contributed by atoms with E-state index in [1.165, 1.54) is 6.33 Å². The van der Waals surface area contributed by atoms with Crippen molar-refractivity contribution in [1.82, 2.24) is 14.8 Å². The Hall–Kier alpha value is -1.86. The monoisotopic (exact) mass is 260 g/mol. The largest absolute Gasteiger partial charge is 0.251 e. The van der Waals surface area contributed by atoms with E-state index >= 15 is 0 Å². The van der Waals surface area contributed by atoms with Gasteiger partial charge in [-0.3, -0.25) is 4.68 Å². The summed E-state index contributed by atoms with van der Waals surface area (Å²) in [6.45, 7) is 2.48. The summed E-state index contributed by atoms with van der Waals surface area (Å²) in [6, 6.07) is 9.81. The molecular formula is C13H13ClN4. The molecule has 0 spiro atoms. The zero-order valence-corrected chi connectivity index (χ0v) is 10.8. The van der Waals surface area contributed by atoms with Crippen LogP contribution in [0.1, 0.15) is 18.9 Å². The van der Waals surface area contributed by atoms with Crippen LogP contribution in [0.4, 0.5) is 0 Å². The van der Waals surface area contributed by atoms with Crippen LogP contribution in [0.25, 0.3) is 0 Å². The molecule has 4 nitrogen and oxygen atoms in total. The second-order valence-corrected chi connectivity index (χ2v) is 4.58. The Labute approximate surface area is 111 Å². The first kappa shape index (κ1) is 12.6. The maximum absolute atomic E-state index is 9.55. The molecule has 0 fully saturated rings. The minimum atomic E-state index is -0.599. The van der Waals surface area contributed by atoms with E-state index in [0.29, 0.717) is 18.0 Å². The highest BCUT2D eigenvalue weighted by atomic mass is 35.5. The number of benzene rings is 1. The summed E-state index contributed by atoms with van der Waals surface area (Å²) < 4.78 is 1.68. The van der Waals surface area contributed by atoms with Gasteiger partial charge in [-0.15, -0.1) is 0 Å². The van der Waals surface area contributed by atoms with Gasteiger partial charge in [0.25, 0.3) is 0 Å². The van der Waals surface area contributed by atoms with Crippen LogP contribution >= 0.6 is 11.6 Å². The van der Waals surface area contributed by atoms with Crippen LogP contribution in [0.15, 0.2) is 36.9 Å². The minimum Gasteiger partial charge on any atom is -0.251 e. The molecule has 2 aromatic rings. The Morgan fingerprint density at radius 3 is 2.61 bits per heavy atom. The predicted octanol–water partition coefficient (Wildman–Crippen LogP) is 2.80. The summed E-state index contributed by atoms with van der Waals surface area (Å²) in [5.74, 6) is 0. The molecule has 5 heteroatoms. The Balaban J connectivity index is 2.38. The van der Waals surface area contributed by atoms with Gasteiger partial charge in [-0.1, -0.05) is 30.7 Å². The summed E-state index contributed by atoms with van der Waals surface area (Å²) in [4.78, 5) is 3.90. The van der Waals surface area contributed by atoms with E-state index in [2.05, 4.69) is 16.2 Å². The fourth-order valence-electron chi connectivity index (χ4n) is 1.95. The fourth-order valence-corrected chi connectivity index (χ4v) is 2.07. The van der Waals surface area contributed by atoms with Crippen molar-refractivity contribution in [2.24, 2.45) is 0 Å². The fraction of sp³-hybridized carbons (Fsp3) is 0.308. The highest BCUT2D eigenvalue weighted by Gasteiger charge is 2.31. The molecule has 0 saturated carbocycles. The zero-order chi connectivity index (χ0) is 13.0. The van der Waals surface area contributed by atoms with Gasteiger partial charge in [-0.2, -0.15) is 10.4 Å². The highest BCUT2D eigenvalue weighted by molar-refractivity contribution is 6.30. The Kier molecular flexibility index (Phi) is 3.63. The second kappa shape index (κ2) is 5.19. The van der Waals surface area contributed by atoms with Crippen molar-refractivity contribution < 1.29 is 0 Å². The summed E-state index contributed by atoms with van der Waals surface area (Å²) >= 11 is 5.88. The molecule has 2 rings (SSSR count). The van der Waals surface area contributed by atoms with E-state index in [0.717, 1.165) is 5.56 Å². The number of halogens is 1. The highest BCUT2D eigenvalue weighted by Crippen LogP contribution is 2.30. The molecule has 92 valence electrons. The average Bonchev–Trinajstić information content (AvgIpc) is 2.90. The lowest BCUT2D eigenvalue weighted by Gasteiger charge is -2.25. The predicted molar refractivity (Wildman–Crippen MR) is 69.1 cm³/mol. The van der Waals surface area contributed by atoms with Gasteiger partial charge in [0.05, 0.1) is 12.6 Å². The van der Waals surface area contributed by atoms with Gasteiger partial charge in [-0.05, 0) is 24.1 Å². The Morgan fingerprint density at radius 1 is 1.39 bits per heavy atom. The molecule has 0 saturated heterocycles. The van der Waals surface area contributed by atoms with Crippen molar-refractivity contribution >= 4 is 11.6 Å². The first-order valence-corrected chi connectivity index (χ1v) is 6.08. The van der Waals surface area contributed by atoms with Crippen LogP contribution in [0.3, 0.4) is 0 Å². The molecule has 0 radical (unpaired) electrons. The normalized spacial score (nSPS) is 13.8. The lowest BCUT2D eigenvalue weighted by molar-refractivity contribution is 0.416. The standard InChI is InChI=1S/C13H13ClN4/c1-2-13(7-15,8-18-10-16-9-17-18)11-3-5-12(14)6-4-11/h3-6,9-10H,2,8H2,1H3. The molecule has 0 amide bonds.